The Kier molecular flexibility index (Phi) is 11.3. The van der Waals surface area contributed by atoms with E-state index in [0.29, 0.717) is 6.61 Å². The lowest BCUT2D eigenvalue weighted by molar-refractivity contribution is 0.236. The molecule has 0 aliphatic carbocycles. The van der Waals surface area contributed by atoms with Gasteiger partial charge < -0.3 is 9.30 Å². The zero-order valence-electron chi connectivity index (χ0n) is 20.2. The molecule has 0 spiro atoms. The van der Waals surface area contributed by atoms with Crippen LogP contribution in [0.15, 0.2) is 83.9 Å². The zero-order chi connectivity index (χ0) is 23.0. The van der Waals surface area contributed by atoms with Gasteiger partial charge in [-0.3, -0.25) is 14.7 Å². The summed E-state index contributed by atoms with van der Waals surface area (Å²) in [6, 6.07) is 22.1. The quantitative estimate of drug-likeness (QED) is 0.246. The number of aryl methyl sites for hydroxylation is 2. The van der Waals surface area contributed by atoms with Crippen LogP contribution in [-0.4, -0.2) is 27.6 Å². The van der Waals surface area contributed by atoms with Crippen LogP contribution in [0, 0.1) is 6.92 Å². The van der Waals surface area contributed by atoms with Crippen molar-refractivity contribution in [2.24, 2.45) is 7.05 Å². The van der Waals surface area contributed by atoms with Crippen LogP contribution < -0.4 is 10.3 Å². The first-order chi connectivity index (χ1) is 16.1. The van der Waals surface area contributed by atoms with Gasteiger partial charge in [-0.2, -0.15) is 0 Å². The molecule has 0 bridgehead atoms. The lowest BCUT2D eigenvalue weighted by atomic mass is 10.1. The van der Waals surface area contributed by atoms with E-state index in [4.69, 9.17) is 4.74 Å². The van der Waals surface area contributed by atoms with E-state index >= 15 is 0 Å². The van der Waals surface area contributed by atoms with Crippen molar-refractivity contribution in [3.8, 4) is 5.75 Å². The van der Waals surface area contributed by atoms with Gasteiger partial charge in [-0.05, 0) is 79.4 Å². The molecular weight excluding hydrogens is 481 g/mol. The molecular formula is C28H33Cl2N3O2. The highest BCUT2D eigenvalue weighted by Gasteiger charge is 2.09. The van der Waals surface area contributed by atoms with E-state index in [1.165, 1.54) is 16.7 Å². The van der Waals surface area contributed by atoms with E-state index in [1.807, 2.05) is 36.7 Å². The number of hydrogen-bond donors (Lipinski definition) is 0. The van der Waals surface area contributed by atoms with Crippen molar-refractivity contribution in [2.75, 3.05) is 13.2 Å². The number of unbranched alkanes of at least 4 members (excludes halogenated alkanes) is 1. The number of benzene rings is 2. The predicted molar refractivity (Wildman–Crippen MR) is 148 cm³/mol. The highest BCUT2D eigenvalue weighted by Crippen LogP contribution is 2.20. The molecule has 0 saturated carbocycles. The van der Waals surface area contributed by atoms with Gasteiger partial charge >= 0.3 is 0 Å². The summed E-state index contributed by atoms with van der Waals surface area (Å²) in [5.41, 5.74) is 4.89. The molecule has 5 nitrogen and oxygen atoms in total. The SMILES string of the molecule is Cc1ccccc1CN(CCCCOc1ccc2c(ccc(=O)n2C)c1)Cc1ccncc1.Cl.Cl. The van der Waals surface area contributed by atoms with Crippen molar-refractivity contribution < 1.29 is 4.74 Å². The fraction of sp³-hybridized carbons (Fsp3) is 0.286. The van der Waals surface area contributed by atoms with Gasteiger partial charge in [0.2, 0.25) is 0 Å². The Balaban J connectivity index is 0.00000216. The normalized spacial score (nSPS) is 10.6. The van der Waals surface area contributed by atoms with Crippen LogP contribution >= 0.6 is 24.8 Å². The summed E-state index contributed by atoms with van der Waals surface area (Å²) in [4.78, 5) is 18.4. The largest absolute Gasteiger partial charge is 0.494 e. The van der Waals surface area contributed by atoms with E-state index in [0.717, 1.165) is 49.1 Å². The molecule has 4 aromatic rings. The second-order valence-corrected chi connectivity index (χ2v) is 8.50. The molecule has 0 fully saturated rings. The average molecular weight is 514 g/mol. The Morgan fingerprint density at radius 3 is 2.46 bits per heavy atom. The Morgan fingerprint density at radius 1 is 0.914 bits per heavy atom. The number of nitrogens with zero attached hydrogens (tertiary/aromatic N) is 3. The van der Waals surface area contributed by atoms with Crippen LogP contribution in [0.2, 0.25) is 0 Å². The molecule has 0 unspecified atom stereocenters. The Labute approximate surface area is 219 Å². The number of ether oxygens (including phenoxy) is 1. The molecule has 7 heteroatoms. The van der Waals surface area contributed by atoms with Crippen molar-refractivity contribution in [1.82, 2.24) is 14.5 Å². The van der Waals surface area contributed by atoms with Crippen molar-refractivity contribution in [3.63, 3.8) is 0 Å². The Bertz CT molecular complexity index is 1260. The molecule has 0 saturated heterocycles. The number of fused-ring (bicyclic) bond motifs is 1. The third-order valence-electron chi connectivity index (χ3n) is 6.04. The first kappa shape index (κ1) is 28.4. The van der Waals surface area contributed by atoms with E-state index < -0.39 is 0 Å². The predicted octanol–water partition coefficient (Wildman–Crippen LogP) is 5.95. The second-order valence-electron chi connectivity index (χ2n) is 8.50. The highest BCUT2D eigenvalue weighted by molar-refractivity contribution is 5.85. The molecule has 0 aliphatic heterocycles. The van der Waals surface area contributed by atoms with E-state index in [9.17, 15) is 4.79 Å². The molecule has 0 amide bonds. The van der Waals surface area contributed by atoms with Gasteiger partial charge in [-0.1, -0.05) is 24.3 Å². The molecule has 2 aromatic carbocycles. The second kappa shape index (κ2) is 13.9. The Morgan fingerprint density at radius 2 is 1.69 bits per heavy atom. The maximum atomic E-state index is 11.8. The van der Waals surface area contributed by atoms with Crippen molar-refractivity contribution in [1.29, 1.82) is 0 Å². The molecule has 0 atom stereocenters. The number of rotatable bonds is 10. The first-order valence-electron chi connectivity index (χ1n) is 11.5. The van der Waals surface area contributed by atoms with Crippen LogP contribution in [-0.2, 0) is 20.1 Å². The summed E-state index contributed by atoms with van der Waals surface area (Å²) >= 11 is 0. The third-order valence-corrected chi connectivity index (χ3v) is 6.04. The van der Waals surface area contributed by atoms with Crippen LogP contribution in [0.5, 0.6) is 5.75 Å². The average Bonchev–Trinajstić information content (AvgIpc) is 2.83. The molecule has 35 heavy (non-hydrogen) atoms. The molecule has 4 rings (SSSR count). The highest BCUT2D eigenvalue weighted by atomic mass is 35.5. The minimum absolute atomic E-state index is 0. The van der Waals surface area contributed by atoms with Crippen LogP contribution in [0.3, 0.4) is 0 Å². The number of aromatic nitrogens is 2. The molecule has 2 heterocycles. The van der Waals surface area contributed by atoms with Crippen molar-refractivity contribution in [2.45, 2.75) is 32.9 Å². The van der Waals surface area contributed by atoms with Crippen LogP contribution in [0.4, 0.5) is 0 Å². The molecule has 0 radical (unpaired) electrons. The summed E-state index contributed by atoms with van der Waals surface area (Å²) in [6.07, 6.45) is 5.75. The van der Waals surface area contributed by atoms with Crippen molar-refractivity contribution in [3.05, 3.63) is 106 Å². The first-order valence-corrected chi connectivity index (χ1v) is 11.5. The van der Waals surface area contributed by atoms with Gasteiger partial charge in [0.15, 0.2) is 0 Å². The minimum atomic E-state index is -0.00168. The minimum Gasteiger partial charge on any atom is -0.494 e. The summed E-state index contributed by atoms with van der Waals surface area (Å²) in [5, 5.41) is 1.01. The van der Waals surface area contributed by atoms with Crippen LogP contribution in [0.25, 0.3) is 10.9 Å². The molecule has 2 aromatic heterocycles. The van der Waals surface area contributed by atoms with E-state index in [2.05, 4.69) is 53.2 Å². The van der Waals surface area contributed by atoms with Crippen LogP contribution in [0.1, 0.15) is 29.5 Å². The maximum Gasteiger partial charge on any atom is 0.250 e. The lowest BCUT2D eigenvalue weighted by Gasteiger charge is -2.23. The van der Waals surface area contributed by atoms with Gasteiger partial charge in [-0.25, -0.2) is 0 Å². The van der Waals surface area contributed by atoms with Crippen molar-refractivity contribution >= 4 is 35.7 Å². The number of hydrogen-bond acceptors (Lipinski definition) is 4. The monoisotopic (exact) mass is 513 g/mol. The summed E-state index contributed by atoms with van der Waals surface area (Å²) in [5.74, 6) is 0.842. The zero-order valence-corrected chi connectivity index (χ0v) is 21.9. The van der Waals surface area contributed by atoms with Gasteiger partial charge in [-0.15, -0.1) is 24.8 Å². The Hall–Kier alpha value is -2.86. The van der Waals surface area contributed by atoms with E-state index in [-0.39, 0.29) is 30.4 Å². The maximum absolute atomic E-state index is 11.8. The fourth-order valence-corrected chi connectivity index (χ4v) is 4.07. The van der Waals surface area contributed by atoms with E-state index in [1.54, 1.807) is 17.7 Å². The van der Waals surface area contributed by atoms with Gasteiger partial charge in [0.1, 0.15) is 5.75 Å². The molecule has 0 aliphatic rings. The fourth-order valence-electron chi connectivity index (χ4n) is 4.07. The summed E-state index contributed by atoms with van der Waals surface area (Å²) in [7, 11) is 1.79. The van der Waals surface area contributed by atoms with Gasteiger partial charge in [0.05, 0.1) is 12.1 Å². The number of pyridine rings is 2. The van der Waals surface area contributed by atoms with Gasteiger partial charge in [0, 0.05) is 44.0 Å². The number of halogens is 2. The smallest absolute Gasteiger partial charge is 0.250 e. The van der Waals surface area contributed by atoms with Gasteiger partial charge in [0.25, 0.3) is 5.56 Å². The molecule has 0 N–H and O–H groups in total. The lowest BCUT2D eigenvalue weighted by Crippen LogP contribution is -2.24. The third kappa shape index (κ3) is 7.82. The topological polar surface area (TPSA) is 47.4 Å². The standard InChI is InChI=1S/C28H31N3O2.2ClH/c1-22-7-3-4-8-25(22)21-31(20-23-13-15-29-16-14-23)17-5-6-18-33-26-10-11-27-24(19-26)9-12-28(32)30(27)2;;/h3-4,7-16,19H,5-6,17-18,20-21H2,1-2H3;2*1H. The molecule has 186 valence electrons. The summed E-state index contributed by atoms with van der Waals surface area (Å²) in [6.45, 7) is 5.68. The summed E-state index contributed by atoms with van der Waals surface area (Å²) < 4.78 is 7.67.